The van der Waals surface area contributed by atoms with Gasteiger partial charge in [0.25, 0.3) is 0 Å². The third-order valence-electron chi connectivity index (χ3n) is 2.13. The first kappa shape index (κ1) is 10.7. The summed E-state index contributed by atoms with van der Waals surface area (Å²) in [4.78, 5) is 0. The Morgan fingerprint density at radius 2 is 2.31 bits per heavy atom. The SMILES string of the molecule is CCCCCN1N=C(NC)SC1C. The molecule has 0 saturated carbocycles. The highest BCUT2D eigenvalue weighted by atomic mass is 32.2. The number of unbranched alkanes of at least 4 members (excludes halogenated alkanes) is 2. The van der Waals surface area contributed by atoms with Crippen LogP contribution in [0, 0.1) is 0 Å². The summed E-state index contributed by atoms with van der Waals surface area (Å²) in [5.74, 6) is 0. The first-order chi connectivity index (χ1) is 6.27. The maximum atomic E-state index is 4.46. The molecule has 76 valence electrons. The highest BCUT2D eigenvalue weighted by molar-refractivity contribution is 8.14. The minimum atomic E-state index is 0.499. The number of hydrogen-bond donors (Lipinski definition) is 1. The molecule has 1 aliphatic heterocycles. The standard InChI is InChI=1S/C9H19N3S/c1-4-5-6-7-12-8(2)13-9(10-3)11-12/h8H,4-7H2,1-3H3,(H,10,11). The fourth-order valence-electron chi connectivity index (χ4n) is 1.31. The lowest BCUT2D eigenvalue weighted by Gasteiger charge is -2.17. The Morgan fingerprint density at radius 1 is 1.54 bits per heavy atom. The summed E-state index contributed by atoms with van der Waals surface area (Å²) >= 11 is 1.80. The van der Waals surface area contributed by atoms with Crippen molar-refractivity contribution in [2.75, 3.05) is 13.6 Å². The van der Waals surface area contributed by atoms with Crippen LogP contribution in [0.25, 0.3) is 0 Å². The van der Waals surface area contributed by atoms with Gasteiger partial charge in [0.2, 0.25) is 0 Å². The second-order valence-electron chi connectivity index (χ2n) is 3.24. The van der Waals surface area contributed by atoms with E-state index in [1.54, 1.807) is 11.8 Å². The van der Waals surface area contributed by atoms with Crippen LogP contribution >= 0.6 is 11.8 Å². The zero-order chi connectivity index (χ0) is 9.68. The topological polar surface area (TPSA) is 27.6 Å². The zero-order valence-corrected chi connectivity index (χ0v) is 9.52. The van der Waals surface area contributed by atoms with Crippen LogP contribution in [0.2, 0.25) is 0 Å². The van der Waals surface area contributed by atoms with E-state index in [0.717, 1.165) is 11.7 Å². The van der Waals surface area contributed by atoms with E-state index in [-0.39, 0.29) is 0 Å². The Kier molecular flexibility index (Phi) is 4.42. The van der Waals surface area contributed by atoms with E-state index in [1.165, 1.54) is 19.3 Å². The molecule has 0 radical (unpaired) electrons. The summed E-state index contributed by atoms with van der Waals surface area (Å²) in [6.45, 7) is 5.52. The van der Waals surface area contributed by atoms with Crippen LogP contribution in [0.1, 0.15) is 33.1 Å². The molecular formula is C9H19N3S. The lowest BCUT2D eigenvalue weighted by atomic mass is 10.2. The van der Waals surface area contributed by atoms with Crippen LogP contribution in [0.5, 0.6) is 0 Å². The molecule has 0 aromatic heterocycles. The molecule has 1 rings (SSSR count). The molecule has 0 aromatic carbocycles. The number of hydrogen-bond acceptors (Lipinski definition) is 4. The molecule has 1 unspecified atom stereocenters. The van der Waals surface area contributed by atoms with Crippen LogP contribution < -0.4 is 5.32 Å². The van der Waals surface area contributed by atoms with Gasteiger partial charge in [0.1, 0.15) is 0 Å². The molecule has 13 heavy (non-hydrogen) atoms. The molecule has 1 heterocycles. The molecule has 4 heteroatoms. The van der Waals surface area contributed by atoms with E-state index in [1.807, 2.05) is 7.05 Å². The van der Waals surface area contributed by atoms with Gasteiger partial charge >= 0.3 is 0 Å². The van der Waals surface area contributed by atoms with Crippen molar-refractivity contribution < 1.29 is 0 Å². The summed E-state index contributed by atoms with van der Waals surface area (Å²) in [6, 6.07) is 0. The van der Waals surface area contributed by atoms with Gasteiger partial charge in [0, 0.05) is 13.6 Å². The number of hydrazone groups is 1. The third-order valence-corrected chi connectivity index (χ3v) is 3.22. The largest absolute Gasteiger partial charge is 0.366 e. The van der Waals surface area contributed by atoms with Crippen LogP contribution in [-0.2, 0) is 0 Å². The van der Waals surface area contributed by atoms with Gasteiger partial charge in [0.15, 0.2) is 5.17 Å². The Hall–Kier alpha value is -0.380. The van der Waals surface area contributed by atoms with Crippen molar-refractivity contribution in [2.45, 2.75) is 38.5 Å². The predicted molar refractivity (Wildman–Crippen MR) is 59.8 cm³/mol. The van der Waals surface area contributed by atoms with Crippen molar-refractivity contribution in [3.05, 3.63) is 0 Å². The van der Waals surface area contributed by atoms with Crippen molar-refractivity contribution in [1.29, 1.82) is 0 Å². The predicted octanol–water partition coefficient (Wildman–Crippen LogP) is 2.06. The highest BCUT2D eigenvalue weighted by Crippen LogP contribution is 2.24. The van der Waals surface area contributed by atoms with Crippen LogP contribution in [0.4, 0.5) is 0 Å². The van der Waals surface area contributed by atoms with Gasteiger partial charge in [-0.2, -0.15) is 5.10 Å². The van der Waals surface area contributed by atoms with Gasteiger partial charge in [-0.25, -0.2) is 0 Å². The number of thioether (sulfide) groups is 1. The quantitative estimate of drug-likeness (QED) is 0.706. The summed E-state index contributed by atoms with van der Waals surface area (Å²) in [6.07, 6.45) is 3.83. The Bertz CT molecular complexity index is 182. The second-order valence-corrected chi connectivity index (χ2v) is 4.55. The summed E-state index contributed by atoms with van der Waals surface area (Å²) < 4.78 is 0. The summed E-state index contributed by atoms with van der Waals surface area (Å²) in [5.41, 5.74) is 0. The molecule has 0 fully saturated rings. The Morgan fingerprint density at radius 3 is 2.85 bits per heavy atom. The molecule has 0 aliphatic carbocycles. The van der Waals surface area contributed by atoms with Gasteiger partial charge in [-0.1, -0.05) is 31.5 Å². The van der Waals surface area contributed by atoms with E-state index in [0.29, 0.717) is 5.37 Å². The molecular weight excluding hydrogens is 182 g/mol. The Labute approximate surface area is 85.0 Å². The minimum absolute atomic E-state index is 0.499. The normalized spacial score (nSPS) is 21.9. The summed E-state index contributed by atoms with van der Waals surface area (Å²) in [7, 11) is 1.92. The fourth-order valence-corrected chi connectivity index (χ4v) is 2.18. The maximum absolute atomic E-state index is 4.46. The average Bonchev–Trinajstić information content (AvgIpc) is 2.48. The fraction of sp³-hybridized carbons (Fsp3) is 0.889. The van der Waals surface area contributed by atoms with Crippen molar-refractivity contribution in [3.8, 4) is 0 Å². The molecule has 1 N–H and O–H groups in total. The highest BCUT2D eigenvalue weighted by Gasteiger charge is 2.21. The number of amidine groups is 1. The zero-order valence-electron chi connectivity index (χ0n) is 8.71. The number of rotatable bonds is 4. The van der Waals surface area contributed by atoms with Crippen molar-refractivity contribution in [1.82, 2.24) is 10.3 Å². The van der Waals surface area contributed by atoms with E-state index in [4.69, 9.17) is 0 Å². The first-order valence-corrected chi connectivity index (χ1v) is 5.85. The smallest absolute Gasteiger partial charge is 0.182 e. The average molecular weight is 201 g/mol. The molecule has 0 amide bonds. The van der Waals surface area contributed by atoms with Crippen molar-refractivity contribution in [3.63, 3.8) is 0 Å². The van der Waals surface area contributed by atoms with Crippen LogP contribution in [0.3, 0.4) is 0 Å². The molecule has 0 spiro atoms. The maximum Gasteiger partial charge on any atom is 0.182 e. The van der Waals surface area contributed by atoms with E-state index >= 15 is 0 Å². The minimum Gasteiger partial charge on any atom is -0.366 e. The van der Waals surface area contributed by atoms with E-state index in [9.17, 15) is 0 Å². The molecule has 3 nitrogen and oxygen atoms in total. The molecule has 1 atom stereocenters. The molecule has 0 saturated heterocycles. The van der Waals surface area contributed by atoms with E-state index in [2.05, 4.69) is 29.3 Å². The number of nitrogens with one attached hydrogen (secondary N) is 1. The number of nitrogens with zero attached hydrogens (tertiary/aromatic N) is 2. The lowest BCUT2D eigenvalue weighted by molar-refractivity contribution is 0.281. The van der Waals surface area contributed by atoms with E-state index < -0.39 is 0 Å². The van der Waals surface area contributed by atoms with Gasteiger partial charge in [-0.15, -0.1) is 0 Å². The third kappa shape index (κ3) is 3.10. The van der Waals surface area contributed by atoms with Crippen molar-refractivity contribution >= 4 is 16.9 Å². The van der Waals surface area contributed by atoms with Gasteiger partial charge in [-0.3, -0.25) is 5.01 Å². The van der Waals surface area contributed by atoms with Gasteiger partial charge < -0.3 is 5.32 Å². The molecule has 0 aromatic rings. The van der Waals surface area contributed by atoms with Crippen LogP contribution in [-0.4, -0.2) is 29.1 Å². The first-order valence-electron chi connectivity index (χ1n) is 4.97. The van der Waals surface area contributed by atoms with Gasteiger partial charge in [0.05, 0.1) is 5.37 Å². The Balaban J connectivity index is 2.28. The molecule has 0 bridgehead atoms. The molecule has 1 aliphatic rings. The lowest BCUT2D eigenvalue weighted by Crippen LogP contribution is -2.22. The van der Waals surface area contributed by atoms with Crippen LogP contribution in [0.15, 0.2) is 5.10 Å². The monoisotopic (exact) mass is 201 g/mol. The summed E-state index contributed by atoms with van der Waals surface area (Å²) in [5, 5.41) is 11.3. The second kappa shape index (κ2) is 5.37. The van der Waals surface area contributed by atoms with Gasteiger partial charge in [-0.05, 0) is 13.3 Å². The van der Waals surface area contributed by atoms with Crippen molar-refractivity contribution in [2.24, 2.45) is 5.10 Å².